The molecule has 4 heteroatoms. The first-order chi connectivity index (χ1) is 10.2. The fourth-order valence-electron chi connectivity index (χ4n) is 3.17. The zero-order valence-electron chi connectivity index (χ0n) is 14.1. The van der Waals surface area contributed by atoms with E-state index in [1.165, 1.54) is 25.1 Å². The van der Waals surface area contributed by atoms with Gasteiger partial charge in [-0.05, 0) is 19.8 Å². The second-order valence-corrected chi connectivity index (χ2v) is 5.88. The molecule has 1 N–H and O–H groups in total. The van der Waals surface area contributed by atoms with Crippen LogP contribution in [0.15, 0.2) is 6.58 Å². The molecule has 0 atom stereocenters. The van der Waals surface area contributed by atoms with E-state index < -0.39 is 0 Å². The molecule has 21 heavy (non-hydrogen) atoms. The highest BCUT2D eigenvalue weighted by atomic mass is 15.3. The number of piperazine rings is 1. The number of aromatic nitrogens is 2. The summed E-state index contributed by atoms with van der Waals surface area (Å²) in [5.74, 6) is 1.12. The predicted molar refractivity (Wildman–Crippen MR) is 89.3 cm³/mol. The van der Waals surface area contributed by atoms with Crippen LogP contribution in [0.25, 0.3) is 6.20 Å². The van der Waals surface area contributed by atoms with Crippen molar-refractivity contribution in [3.8, 4) is 0 Å². The standard InChI is InChI=1S/C15H24N4.C2H6/c1-4-14-17-12(3)13(19(14)5-2)10-18-9-8-16-15(11-18)6-7-15;1-2/h5,16H,2,4,6-11H2,1,3H3;1-2H3. The maximum Gasteiger partial charge on any atom is 0.113 e. The molecule has 118 valence electrons. The third-order valence-electron chi connectivity index (χ3n) is 4.46. The summed E-state index contributed by atoms with van der Waals surface area (Å²) < 4.78 is 2.18. The summed E-state index contributed by atoms with van der Waals surface area (Å²) in [4.78, 5) is 7.23. The Morgan fingerprint density at radius 1 is 1.38 bits per heavy atom. The van der Waals surface area contributed by atoms with E-state index in [4.69, 9.17) is 0 Å². The van der Waals surface area contributed by atoms with E-state index in [1.54, 1.807) is 0 Å². The van der Waals surface area contributed by atoms with Crippen LogP contribution in [0.5, 0.6) is 0 Å². The first-order valence-corrected chi connectivity index (χ1v) is 8.34. The number of aryl methyl sites for hydroxylation is 2. The molecule has 2 aliphatic rings. The van der Waals surface area contributed by atoms with Crippen molar-refractivity contribution in [3.63, 3.8) is 0 Å². The average molecular weight is 290 g/mol. The number of nitrogens with one attached hydrogen (secondary N) is 1. The van der Waals surface area contributed by atoms with Crippen molar-refractivity contribution >= 4 is 6.20 Å². The minimum Gasteiger partial charge on any atom is -0.309 e. The Labute approximate surface area is 129 Å². The Balaban J connectivity index is 0.000000774. The van der Waals surface area contributed by atoms with Gasteiger partial charge in [-0.25, -0.2) is 4.98 Å². The van der Waals surface area contributed by atoms with E-state index in [9.17, 15) is 0 Å². The first kappa shape index (κ1) is 16.2. The zero-order valence-corrected chi connectivity index (χ0v) is 14.1. The Morgan fingerprint density at radius 3 is 2.67 bits per heavy atom. The molecular weight excluding hydrogens is 260 g/mol. The van der Waals surface area contributed by atoms with Gasteiger partial charge in [0.1, 0.15) is 5.82 Å². The molecule has 1 aliphatic heterocycles. The second-order valence-electron chi connectivity index (χ2n) is 5.88. The lowest BCUT2D eigenvalue weighted by atomic mass is 10.1. The Morgan fingerprint density at radius 2 is 2.10 bits per heavy atom. The molecule has 2 fully saturated rings. The molecule has 1 saturated heterocycles. The van der Waals surface area contributed by atoms with Crippen LogP contribution in [0.4, 0.5) is 0 Å². The molecule has 0 amide bonds. The molecule has 1 saturated carbocycles. The summed E-state index contributed by atoms with van der Waals surface area (Å²) in [5, 5.41) is 3.66. The molecule has 3 rings (SSSR count). The molecule has 0 aromatic carbocycles. The lowest BCUT2D eigenvalue weighted by Crippen LogP contribution is -2.52. The summed E-state index contributed by atoms with van der Waals surface area (Å²) in [7, 11) is 0. The van der Waals surface area contributed by atoms with Gasteiger partial charge in [-0.3, -0.25) is 4.90 Å². The normalized spacial score (nSPS) is 20.0. The summed E-state index contributed by atoms with van der Waals surface area (Å²) >= 11 is 0. The monoisotopic (exact) mass is 290 g/mol. The fourth-order valence-corrected chi connectivity index (χ4v) is 3.17. The topological polar surface area (TPSA) is 33.1 Å². The molecule has 1 spiro atoms. The highest BCUT2D eigenvalue weighted by Crippen LogP contribution is 2.37. The maximum atomic E-state index is 4.67. The minimum absolute atomic E-state index is 0.443. The van der Waals surface area contributed by atoms with Gasteiger partial charge in [0.05, 0.1) is 11.4 Å². The third kappa shape index (κ3) is 3.38. The van der Waals surface area contributed by atoms with E-state index >= 15 is 0 Å². The predicted octanol–water partition coefficient (Wildman–Crippen LogP) is 2.82. The van der Waals surface area contributed by atoms with E-state index in [0.29, 0.717) is 5.54 Å². The molecule has 1 aromatic heterocycles. The maximum absolute atomic E-state index is 4.67. The molecular formula is C17H30N4. The van der Waals surface area contributed by atoms with Gasteiger partial charge < -0.3 is 9.88 Å². The van der Waals surface area contributed by atoms with Crippen molar-refractivity contribution in [1.29, 1.82) is 0 Å². The zero-order chi connectivity index (χ0) is 15.5. The van der Waals surface area contributed by atoms with Crippen molar-refractivity contribution in [3.05, 3.63) is 23.8 Å². The minimum atomic E-state index is 0.443. The van der Waals surface area contributed by atoms with Gasteiger partial charge in [0.15, 0.2) is 0 Å². The Hall–Kier alpha value is -1.13. The third-order valence-corrected chi connectivity index (χ3v) is 4.46. The van der Waals surface area contributed by atoms with Crippen molar-refractivity contribution < 1.29 is 0 Å². The van der Waals surface area contributed by atoms with Crippen LogP contribution in [0.2, 0.25) is 0 Å². The van der Waals surface area contributed by atoms with Crippen LogP contribution in [0, 0.1) is 6.92 Å². The summed E-state index contributed by atoms with van der Waals surface area (Å²) in [6, 6.07) is 0. The lowest BCUT2D eigenvalue weighted by Gasteiger charge is -2.34. The van der Waals surface area contributed by atoms with Crippen LogP contribution in [0.1, 0.15) is 50.8 Å². The highest BCUT2D eigenvalue weighted by Gasteiger charge is 2.45. The fraction of sp³-hybridized carbons (Fsp3) is 0.706. The van der Waals surface area contributed by atoms with Crippen molar-refractivity contribution in [2.75, 3.05) is 19.6 Å². The van der Waals surface area contributed by atoms with Crippen LogP contribution >= 0.6 is 0 Å². The number of rotatable bonds is 4. The van der Waals surface area contributed by atoms with Crippen LogP contribution < -0.4 is 5.32 Å². The number of hydrogen-bond acceptors (Lipinski definition) is 3. The van der Waals surface area contributed by atoms with Gasteiger partial charge in [-0.1, -0.05) is 27.4 Å². The largest absolute Gasteiger partial charge is 0.309 e. The van der Waals surface area contributed by atoms with E-state index in [-0.39, 0.29) is 0 Å². The van der Waals surface area contributed by atoms with Crippen LogP contribution in [-0.4, -0.2) is 39.6 Å². The quantitative estimate of drug-likeness (QED) is 0.925. The molecule has 1 aliphatic carbocycles. The highest BCUT2D eigenvalue weighted by molar-refractivity contribution is 5.30. The van der Waals surface area contributed by atoms with E-state index in [0.717, 1.165) is 37.6 Å². The molecule has 4 nitrogen and oxygen atoms in total. The number of nitrogens with zero attached hydrogens (tertiary/aromatic N) is 3. The molecule has 0 bridgehead atoms. The second kappa shape index (κ2) is 6.75. The van der Waals surface area contributed by atoms with Gasteiger partial charge >= 0.3 is 0 Å². The molecule has 2 heterocycles. The summed E-state index contributed by atoms with van der Waals surface area (Å²) in [6.45, 7) is 16.6. The van der Waals surface area contributed by atoms with Crippen LogP contribution in [-0.2, 0) is 13.0 Å². The Kier molecular flexibility index (Phi) is 5.22. The molecule has 1 aromatic rings. The number of hydrogen-bond donors (Lipinski definition) is 1. The smallest absolute Gasteiger partial charge is 0.113 e. The summed E-state index contributed by atoms with van der Waals surface area (Å²) in [5.41, 5.74) is 2.91. The van der Waals surface area contributed by atoms with Gasteiger partial charge in [0, 0.05) is 44.3 Å². The van der Waals surface area contributed by atoms with Gasteiger partial charge in [-0.2, -0.15) is 0 Å². The van der Waals surface area contributed by atoms with Crippen molar-refractivity contribution in [2.24, 2.45) is 0 Å². The molecule has 0 unspecified atom stereocenters. The summed E-state index contributed by atoms with van der Waals surface area (Å²) in [6.07, 6.45) is 5.54. The van der Waals surface area contributed by atoms with Gasteiger partial charge in [0.2, 0.25) is 0 Å². The van der Waals surface area contributed by atoms with Gasteiger partial charge in [0.25, 0.3) is 0 Å². The lowest BCUT2D eigenvalue weighted by molar-refractivity contribution is 0.179. The SMILES string of the molecule is C=Cn1c(CC)nc(C)c1CN1CCNC2(CC2)C1.CC. The van der Waals surface area contributed by atoms with E-state index in [2.05, 4.69) is 40.2 Å². The van der Waals surface area contributed by atoms with E-state index in [1.807, 2.05) is 20.0 Å². The van der Waals surface area contributed by atoms with Crippen LogP contribution in [0.3, 0.4) is 0 Å². The first-order valence-electron chi connectivity index (χ1n) is 8.34. The van der Waals surface area contributed by atoms with Crippen molar-refractivity contribution in [1.82, 2.24) is 19.8 Å². The number of imidazole rings is 1. The average Bonchev–Trinajstić information content (AvgIpc) is 3.18. The Bertz CT molecular complexity index is 485. The molecule has 0 radical (unpaired) electrons. The van der Waals surface area contributed by atoms with Gasteiger partial charge in [-0.15, -0.1) is 0 Å². The van der Waals surface area contributed by atoms with Crippen molar-refractivity contribution in [2.45, 2.75) is 59.0 Å².